The highest BCUT2D eigenvalue weighted by Crippen LogP contribution is 2.27. The number of ether oxygens (including phenoxy) is 1. The minimum Gasteiger partial charge on any atom is -0.381 e. The van der Waals surface area contributed by atoms with E-state index in [1.54, 1.807) is 4.68 Å². The Labute approximate surface area is 126 Å². The Morgan fingerprint density at radius 3 is 2.81 bits per heavy atom. The number of nitrogen functional groups attached to an aromatic ring is 1. The molecule has 0 aromatic carbocycles. The van der Waals surface area contributed by atoms with Crippen molar-refractivity contribution in [3.63, 3.8) is 0 Å². The summed E-state index contributed by atoms with van der Waals surface area (Å²) in [6.07, 6.45) is 2.98. The third-order valence-electron chi connectivity index (χ3n) is 3.68. The largest absolute Gasteiger partial charge is 0.381 e. The van der Waals surface area contributed by atoms with E-state index < -0.39 is 10.0 Å². The number of morpholine rings is 1. The fourth-order valence-electron chi connectivity index (χ4n) is 2.52. The van der Waals surface area contributed by atoms with E-state index >= 15 is 0 Å². The zero-order chi connectivity index (χ0) is 15.6. The average molecular weight is 316 g/mol. The van der Waals surface area contributed by atoms with Crippen molar-refractivity contribution in [2.24, 2.45) is 0 Å². The molecule has 1 aromatic heterocycles. The number of anilines is 1. The van der Waals surface area contributed by atoms with Crippen molar-refractivity contribution >= 4 is 15.8 Å². The van der Waals surface area contributed by atoms with Crippen LogP contribution in [0.15, 0.2) is 11.1 Å². The molecule has 2 unspecified atom stereocenters. The van der Waals surface area contributed by atoms with E-state index in [0.29, 0.717) is 26.1 Å². The van der Waals surface area contributed by atoms with Crippen LogP contribution in [0.25, 0.3) is 0 Å². The standard InChI is InChI=1S/C13H24N4O3S/c1-4-6-16-8-12(13(14)15-16)21(18,19)17-7-10(3)20-9-11(17)5-2/h8,10-11H,4-7,9H2,1-3H3,(H2,14,15). The number of nitrogens with two attached hydrogens (primary N) is 1. The molecule has 8 heteroatoms. The van der Waals surface area contributed by atoms with Gasteiger partial charge in [0.15, 0.2) is 5.82 Å². The van der Waals surface area contributed by atoms with Gasteiger partial charge in [0.05, 0.1) is 12.7 Å². The van der Waals surface area contributed by atoms with Crippen molar-refractivity contribution in [2.45, 2.75) is 57.2 Å². The van der Waals surface area contributed by atoms with Crippen LogP contribution >= 0.6 is 0 Å². The maximum absolute atomic E-state index is 12.9. The third-order valence-corrected chi connectivity index (χ3v) is 5.62. The average Bonchev–Trinajstić information content (AvgIpc) is 2.81. The van der Waals surface area contributed by atoms with Gasteiger partial charge in [-0.15, -0.1) is 0 Å². The van der Waals surface area contributed by atoms with Gasteiger partial charge in [0.2, 0.25) is 10.0 Å². The molecule has 0 aliphatic carbocycles. The van der Waals surface area contributed by atoms with Crippen molar-refractivity contribution in [1.29, 1.82) is 0 Å². The van der Waals surface area contributed by atoms with E-state index in [0.717, 1.165) is 6.42 Å². The van der Waals surface area contributed by atoms with Crippen LogP contribution in [0.2, 0.25) is 0 Å². The van der Waals surface area contributed by atoms with Gasteiger partial charge >= 0.3 is 0 Å². The molecule has 21 heavy (non-hydrogen) atoms. The summed E-state index contributed by atoms with van der Waals surface area (Å²) in [5.41, 5.74) is 5.82. The zero-order valence-corrected chi connectivity index (χ0v) is 13.6. The minimum atomic E-state index is -3.64. The molecule has 120 valence electrons. The van der Waals surface area contributed by atoms with E-state index in [1.165, 1.54) is 10.5 Å². The first-order valence-electron chi connectivity index (χ1n) is 7.36. The first-order valence-corrected chi connectivity index (χ1v) is 8.80. The molecule has 1 saturated heterocycles. The SMILES string of the molecule is CCCn1cc(S(=O)(=O)N2CC(C)OCC2CC)c(N)n1. The molecule has 2 atom stereocenters. The van der Waals surface area contributed by atoms with Gasteiger partial charge in [-0.3, -0.25) is 4.68 Å². The predicted octanol–water partition coefficient (Wildman–Crippen LogP) is 1.06. The number of aromatic nitrogens is 2. The van der Waals surface area contributed by atoms with Crippen LogP contribution in [-0.4, -0.2) is 47.8 Å². The molecule has 2 N–H and O–H groups in total. The summed E-state index contributed by atoms with van der Waals surface area (Å²) in [6.45, 7) is 7.24. The fraction of sp³-hybridized carbons (Fsp3) is 0.769. The summed E-state index contributed by atoms with van der Waals surface area (Å²) >= 11 is 0. The first-order chi connectivity index (χ1) is 9.90. The summed E-state index contributed by atoms with van der Waals surface area (Å²) < 4.78 is 34.4. The Hall–Kier alpha value is -1.12. The number of rotatable bonds is 5. The molecular weight excluding hydrogens is 292 g/mol. The quantitative estimate of drug-likeness (QED) is 0.877. The highest BCUT2D eigenvalue weighted by Gasteiger charge is 2.37. The Bertz CT molecular complexity index is 584. The van der Waals surface area contributed by atoms with Crippen LogP contribution < -0.4 is 5.73 Å². The molecule has 0 radical (unpaired) electrons. The van der Waals surface area contributed by atoms with Crippen LogP contribution in [0.3, 0.4) is 0 Å². The number of nitrogens with zero attached hydrogens (tertiary/aromatic N) is 3. The second kappa shape index (κ2) is 6.33. The molecule has 0 bridgehead atoms. The van der Waals surface area contributed by atoms with Gasteiger partial charge in [-0.25, -0.2) is 8.42 Å². The minimum absolute atomic E-state index is 0.0671. The molecule has 0 amide bonds. The van der Waals surface area contributed by atoms with Crippen molar-refractivity contribution in [2.75, 3.05) is 18.9 Å². The molecule has 1 aromatic rings. The smallest absolute Gasteiger partial charge is 0.248 e. The summed E-state index contributed by atoms with van der Waals surface area (Å²) in [6, 6.07) is -0.153. The summed E-state index contributed by atoms with van der Waals surface area (Å²) in [5, 5.41) is 4.09. The number of hydrogen-bond acceptors (Lipinski definition) is 5. The fourth-order valence-corrected chi connectivity index (χ4v) is 4.34. The van der Waals surface area contributed by atoms with E-state index in [4.69, 9.17) is 10.5 Å². The Morgan fingerprint density at radius 2 is 2.19 bits per heavy atom. The Morgan fingerprint density at radius 1 is 1.48 bits per heavy atom. The van der Waals surface area contributed by atoms with Gasteiger partial charge < -0.3 is 10.5 Å². The van der Waals surface area contributed by atoms with Gasteiger partial charge in [-0.1, -0.05) is 13.8 Å². The molecule has 2 rings (SSSR count). The van der Waals surface area contributed by atoms with Gasteiger partial charge in [0, 0.05) is 25.3 Å². The van der Waals surface area contributed by atoms with Gasteiger partial charge in [0.1, 0.15) is 4.90 Å². The molecule has 0 saturated carbocycles. The molecule has 1 aliphatic heterocycles. The normalized spacial score (nSPS) is 24.3. The van der Waals surface area contributed by atoms with Gasteiger partial charge in [-0.05, 0) is 19.8 Å². The molecule has 7 nitrogen and oxygen atoms in total. The second-order valence-corrected chi connectivity index (χ2v) is 7.28. The van der Waals surface area contributed by atoms with E-state index in [2.05, 4.69) is 5.10 Å². The lowest BCUT2D eigenvalue weighted by molar-refractivity contribution is -0.0230. The Kier molecular flexibility index (Phi) is 4.90. The van der Waals surface area contributed by atoms with E-state index in [1.807, 2.05) is 20.8 Å². The topological polar surface area (TPSA) is 90.5 Å². The summed E-state index contributed by atoms with van der Waals surface area (Å²) in [7, 11) is -3.64. The molecule has 2 heterocycles. The van der Waals surface area contributed by atoms with E-state index in [-0.39, 0.29) is 22.9 Å². The van der Waals surface area contributed by atoms with Crippen LogP contribution in [-0.2, 0) is 21.3 Å². The lowest BCUT2D eigenvalue weighted by Gasteiger charge is -2.36. The monoisotopic (exact) mass is 316 g/mol. The van der Waals surface area contributed by atoms with Crippen molar-refractivity contribution in [1.82, 2.24) is 14.1 Å². The predicted molar refractivity (Wildman–Crippen MR) is 80.3 cm³/mol. The zero-order valence-electron chi connectivity index (χ0n) is 12.8. The van der Waals surface area contributed by atoms with Gasteiger partial charge in [-0.2, -0.15) is 9.40 Å². The van der Waals surface area contributed by atoms with Crippen LogP contribution in [0.5, 0.6) is 0 Å². The first kappa shape index (κ1) is 16.3. The molecular formula is C13H24N4O3S. The Balaban J connectivity index is 2.35. The van der Waals surface area contributed by atoms with Crippen molar-refractivity contribution in [3.8, 4) is 0 Å². The highest BCUT2D eigenvalue weighted by molar-refractivity contribution is 7.89. The maximum atomic E-state index is 12.9. The maximum Gasteiger partial charge on any atom is 0.248 e. The third kappa shape index (κ3) is 3.22. The van der Waals surface area contributed by atoms with Crippen molar-refractivity contribution in [3.05, 3.63) is 6.20 Å². The summed E-state index contributed by atoms with van der Waals surface area (Å²) in [5.74, 6) is 0.0671. The number of hydrogen-bond donors (Lipinski definition) is 1. The van der Waals surface area contributed by atoms with E-state index in [9.17, 15) is 8.42 Å². The summed E-state index contributed by atoms with van der Waals surface area (Å²) in [4.78, 5) is 0.100. The van der Waals surface area contributed by atoms with Crippen molar-refractivity contribution < 1.29 is 13.2 Å². The number of sulfonamides is 1. The molecule has 1 aliphatic rings. The van der Waals surface area contributed by atoms with Gasteiger partial charge in [0.25, 0.3) is 0 Å². The number of aryl methyl sites for hydroxylation is 1. The lowest BCUT2D eigenvalue weighted by atomic mass is 10.2. The molecule has 1 fully saturated rings. The van der Waals surface area contributed by atoms with Crippen LogP contribution in [0, 0.1) is 0 Å². The molecule has 0 spiro atoms. The second-order valence-electron chi connectivity index (χ2n) is 5.42. The highest BCUT2D eigenvalue weighted by atomic mass is 32.2. The van der Waals surface area contributed by atoms with Crippen LogP contribution in [0.4, 0.5) is 5.82 Å². The van der Waals surface area contributed by atoms with Crippen LogP contribution in [0.1, 0.15) is 33.6 Å². The lowest BCUT2D eigenvalue weighted by Crippen LogP contribution is -2.51.